The van der Waals surface area contributed by atoms with Gasteiger partial charge in [-0.05, 0) is 84.8 Å². The SMILES string of the molecule is Cc1ccc2nc(NC(=O)CSc3ccc(NC(=O)/C(=C/c4cccc(Cl)c4)NC(=O)c4ccccc4)cc3)sc2c1. The summed E-state index contributed by atoms with van der Waals surface area (Å²) in [6.07, 6.45) is 1.57. The van der Waals surface area contributed by atoms with Gasteiger partial charge in [0.1, 0.15) is 5.70 Å². The quantitative estimate of drug-likeness (QED) is 0.119. The number of benzene rings is 4. The van der Waals surface area contributed by atoms with Crippen LogP contribution >= 0.6 is 34.7 Å². The number of rotatable bonds is 9. The zero-order valence-corrected chi connectivity index (χ0v) is 24.8. The first-order chi connectivity index (χ1) is 20.3. The van der Waals surface area contributed by atoms with E-state index in [-0.39, 0.29) is 17.4 Å². The summed E-state index contributed by atoms with van der Waals surface area (Å²) in [5.41, 5.74) is 3.68. The summed E-state index contributed by atoms with van der Waals surface area (Å²) >= 11 is 8.93. The van der Waals surface area contributed by atoms with Crippen molar-refractivity contribution in [3.63, 3.8) is 0 Å². The molecule has 210 valence electrons. The van der Waals surface area contributed by atoms with E-state index in [4.69, 9.17) is 11.6 Å². The number of carbonyl (C=O) groups excluding carboxylic acids is 3. The molecule has 0 unspecified atom stereocenters. The molecule has 3 amide bonds. The number of anilines is 2. The van der Waals surface area contributed by atoms with Crippen molar-refractivity contribution in [3.05, 3.63) is 124 Å². The Labute approximate surface area is 256 Å². The van der Waals surface area contributed by atoms with Crippen LogP contribution in [0, 0.1) is 6.92 Å². The molecule has 0 spiro atoms. The highest BCUT2D eigenvalue weighted by Crippen LogP contribution is 2.27. The van der Waals surface area contributed by atoms with E-state index < -0.39 is 11.8 Å². The number of amides is 3. The predicted octanol–water partition coefficient (Wildman–Crippen LogP) is 7.40. The number of carbonyl (C=O) groups is 3. The van der Waals surface area contributed by atoms with Crippen molar-refractivity contribution >= 4 is 79.5 Å². The van der Waals surface area contributed by atoms with Gasteiger partial charge < -0.3 is 16.0 Å². The lowest BCUT2D eigenvalue weighted by molar-refractivity contribution is -0.114. The van der Waals surface area contributed by atoms with E-state index in [1.54, 1.807) is 66.7 Å². The van der Waals surface area contributed by atoms with Gasteiger partial charge in [-0.1, -0.05) is 59.3 Å². The maximum absolute atomic E-state index is 13.2. The second kappa shape index (κ2) is 13.5. The Balaban J connectivity index is 1.21. The summed E-state index contributed by atoms with van der Waals surface area (Å²) in [5, 5.41) is 9.48. The van der Waals surface area contributed by atoms with Gasteiger partial charge >= 0.3 is 0 Å². The lowest BCUT2D eigenvalue weighted by Gasteiger charge is -2.12. The average molecular weight is 613 g/mol. The third kappa shape index (κ3) is 7.85. The van der Waals surface area contributed by atoms with Gasteiger partial charge in [-0.25, -0.2) is 4.98 Å². The zero-order valence-electron chi connectivity index (χ0n) is 22.4. The fourth-order valence-corrected chi connectivity index (χ4v) is 5.81. The fraction of sp³-hybridized carbons (Fsp3) is 0.0625. The number of aromatic nitrogens is 1. The van der Waals surface area contributed by atoms with Crippen molar-refractivity contribution in [1.82, 2.24) is 10.3 Å². The van der Waals surface area contributed by atoms with E-state index in [0.717, 1.165) is 20.7 Å². The van der Waals surface area contributed by atoms with Gasteiger partial charge in [0.15, 0.2) is 5.13 Å². The van der Waals surface area contributed by atoms with Crippen molar-refractivity contribution < 1.29 is 14.4 Å². The lowest BCUT2D eigenvalue weighted by atomic mass is 10.1. The molecule has 42 heavy (non-hydrogen) atoms. The van der Waals surface area contributed by atoms with Crippen LogP contribution in [0.4, 0.5) is 10.8 Å². The second-order valence-corrected chi connectivity index (χ2v) is 11.8. The molecule has 1 heterocycles. The normalized spacial score (nSPS) is 11.2. The van der Waals surface area contributed by atoms with Crippen LogP contribution in [0.5, 0.6) is 0 Å². The number of hydrogen-bond acceptors (Lipinski definition) is 6. The molecule has 0 aliphatic heterocycles. The second-order valence-electron chi connectivity index (χ2n) is 9.24. The van der Waals surface area contributed by atoms with Crippen LogP contribution in [0.2, 0.25) is 5.02 Å². The molecule has 3 N–H and O–H groups in total. The molecule has 0 saturated carbocycles. The zero-order chi connectivity index (χ0) is 29.5. The van der Waals surface area contributed by atoms with Gasteiger partial charge in [0.2, 0.25) is 5.91 Å². The summed E-state index contributed by atoms with van der Waals surface area (Å²) in [7, 11) is 0. The maximum Gasteiger partial charge on any atom is 0.272 e. The molecule has 0 fully saturated rings. The van der Waals surface area contributed by atoms with Crippen molar-refractivity contribution in [2.45, 2.75) is 11.8 Å². The van der Waals surface area contributed by atoms with E-state index >= 15 is 0 Å². The number of nitrogens with zero attached hydrogens (tertiary/aromatic N) is 1. The monoisotopic (exact) mass is 612 g/mol. The van der Waals surface area contributed by atoms with Gasteiger partial charge in [0.25, 0.3) is 11.8 Å². The van der Waals surface area contributed by atoms with Crippen molar-refractivity contribution in [2.75, 3.05) is 16.4 Å². The van der Waals surface area contributed by atoms with Gasteiger partial charge in [0.05, 0.1) is 16.0 Å². The summed E-state index contributed by atoms with van der Waals surface area (Å²) in [5.74, 6) is -0.855. The van der Waals surface area contributed by atoms with Gasteiger partial charge in [0, 0.05) is 21.2 Å². The standard InChI is InChI=1S/C32H25ClN4O3S2/c1-20-10-15-26-28(16-20)42-32(36-26)37-29(38)19-41-25-13-11-24(12-14-25)34-31(40)27(18-21-6-5-9-23(33)17-21)35-30(39)22-7-3-2-4-8-22/h2-18H,19H2,1H3,(H,34,40)(H,35,39)(H,36,37,38)/b27-18-. The average Bonchev–Trinajstić information content (AvgIpc) is 3.38. The number of thiazole rings is 1. The summed E-state index contributed by atoms with van der Waals surface area (Å²) in [6.45, 7) is 2.02. The van der Waals surface area contributed by atoms with Crippen LogP contribution < -0.4 is 16.0 Å². The molecule has 0 atom stereocenters. The smallest absolute Gasteiger partial charge is 0.272 e. The van der Waals surface area contributed by atoms with Gasteiger partial charge in [-0.15, -0.1) is 11.8 Å². The molecule has 5 aromatic rings. The van der Waals surface area contributed by atoms with Crippen LogP contribution in [0.1, 0.15) is 21.5 Å². The molecule has 0 aliphatic rings. The molecule has 1 aromatic heterocycles. The highest BCUT2D eigenvalue weighted by Gasteiger charge is 2.15. The number of nitrogens with one attached hydrogen (secondary N) is 3. The first-order valence-electron chi connectivity index (χ1n) is 12.9. The summed E-state index contributed by atoms with van der Waals surface area (Å²) < 4.78 is 1.03. The molecule has 4 aromatic carbocycles. The largest absolute Gasteiger partial charge is 0.321 e. The Morgan fingerprint density at radius 1 is 0.905 bits per heavy atom. The Kier molecular flexibility index (Phi) is 9.33. The van der Waals surface area contributed by atoms with Crippen LogP contribution in [-0.4, -0.2) is 28.5 Å². The lowest BCUT2D eigenvalue weighted by Crippen LogP contribution is -2.30. The van der Waals surface area contributed by atoms with Crippen LogP contribution in [0.15, 0.2) is 108 Å². The first-order valence-corrected chi connectivity index (χ1v) is 15.1. The minimum atomic E-state index is -0.495. The molecule has 10 heteroatoms. The number of aryl methyl sites for hydroxylation is 1. The molecule has 0 bridgehead atoms. The van der Waals surface area contributed by atoms with Crippen molar-refractivity contribution in [3.8, 4) is 0 Å². The van der Waals surface area contributed by atoms with Crippen molar-refractivity contribution in [2.24, 2.45) is 0 Å². The third-order valence-corrected chi connectivity index (χ3v) is 8.14. The molecule has 5 rings (SSSR count). The number of hydrogen-bond donors (Lipinski definition) is 3. The van der Waals surface area contributed by atoms with E-state index in [1.807, 2.05) is 43.3 Å². The maximum atomic E-state index is 13.2. The molecular weight excluding hydrogens is 588 g/mol. The third-order valence-electron chi connectivity index (χ3n) is 5.96. The van der Waals surface area contributed by atoms with E-state index in [9.17, 15) is 14.4 Å². The molecule has 0 saturated heterocycles. The summed E-state index contributed by atoms with van der Waals surface area (Å²) in [4.78, 5) is 43.9. The predicted molar refractivity (Wildman–Crippen MR) is 172 cm³/mol. The topological polar surface area (TPSA) is 100 Å². The van der Waals surface area contributed by atoms with E-state index in [0.29, 0.717) is 27.0 Å². The number of thioether (sulfide) groups is 1. The van der Waals surface area contributed by atoms with Crippen LogP contribution in [-0.2, 0) is 9.59 Å². The Morgan fingerprint density at radius 3 is 2.45 bits per heavy atom. The highest BCUT2D eigenvalue weighted by atomic mass is 35.5. The minimum Gasteiger partial charge on any atom is -0.321 e. The number of halogens is 1. The minimum absolute atomic E-state index is 0.0613. The van der Waals surface area contributed by atoms with Crippen LogP contribution in [0.25, 0.3) is 16.3 Å². The highest BCUT2D eigenvalue weighted by molar-refractivity contribution is 8.00. The molecular formula is C32H25ClN4O3S2. The number of fused-ring (bicyclic) bond motifs is 1. The Hall–Kier alpha value is -4.44. The molecule has 0 aliphatic carbocycles. The van der Waals surface area contributed by atoms with Crippen LogP contribution in [0.3, 0.4) is 0 Å². The van der Waals surface area contributed by atoms with Crippen molar-refractivity contribution in [1.29, 1.82) is 0 Å². The molecule has 7 nitrogen and oxygen atoms in total. The Bertz CT molecular complexity index is 1790. The molecule has 0 radical (unpaired) electrons. The fourth-order valence-electron chi connectivity index (χ4n) is 3.93. The summed E-state index contributed by atoms with van der Waals surface area (Å²) in [6, 6.07) is 28.7. The first kappa shape index (κ1) is 29.1. The van der Waals surface area contributed by atoms with Gasteiger partial charge in [-0.2, -0.15) is 0 Å². The van der Waals surface area contributed by atoms with E-state index in [2.05, 4.69) is 20.9 Å². The Morgan fingerprint density at radius 2 is 1.69 bits per heavy atom. The van der Waals surface area contributed by atoms with Gasteiger partial charge in [-0.3, -0.25) is 14.4 Å². The van der Waals surface area contributed by atoms with E-state index in [1.165, 1.54) is 23.1 Å².